The van der Waals surface area contributed by atoms with E-state index in [1.807, 2.05) is 42.5 Å². The molecule has 0 spiro atoms. The molecule has 0 saturated carbocycles. The van der Waals surface area contributed by atoms with Gasteiger partial charge >= 0.3 is 0 Å². The molecule has 0 bridgehead atoms. The second-order valence-corrected chi connectivity index (χ2v) is 5.38. The highest BCUT2D eigenvalue weighted by Crippen LogP contribution is 2.35. The number of fused-ring (bicyclic) bond motifs is 2. The number of aliphatic hydroxyl groups excluding tert-OH is 1. The molecule has 2 aromatic carbocycles. The normalized spacial score (nSPS) is 20.9. The van der Waals surface area contributed by atoms with Gasteiger partial charge in [-0.1, -0.05) is 30.3 Å². The first-order chi connectivity index (χ1) is 10.3. The van der Waals surface area contributed by atoms with Crippen LogP contribution in [0.1, 0.15) is 22.8 Å². The Morgan fingerprint density at radius 3 is 2.71 bits per heavy atom. The van der Waals surface area contributed by atoms with Crippen LogP contribution in [-0.4, -0.2) is 17.8 Å². The van der Waals surface area contributed by atoms with Crippen LogP contribution < -0.4 is 9.47 Å². The molecular weight excluding hydrogens is 268 g/mol. The molecule has 2 unspecified atom stereocenters. The zero-order valence-electron chi connectivity index (χ0n) is 11.5. The SMILES string of the molecule is OC(c1ccc2c(c1)COC2)C1COc2ccccc2O1. The van der Waals surface area contributed by atoms with Gasteiger partial charge in [0.25, 0.3) is 0 Å². The second-order valence-electron chi connectivity index (χ2n) is 5.38. The Bertz CT molecular complexity index is 668. The van der Waals surface area contributed by atoms with Gasteiger partial charge in [-0.2, -0.15) is 0 Å². The van der Waals surface area contributed by atoms with E-state index in [0.29, 0.717) is 25.6 Å². The van der Waals surface area contributed by atoms with Crippen LogP contribution in [-0.2, 0) is 18.0 Å². The molecule has 0 aliphatic carbocycles. The summed E-state index contributed by atoms with van der Waals surface area (Å²) in [4.78, 5) is 0. The molecule has 1 N–H and O–H groups in total. The summed E-state index contributed by atoms with van der Waals surface area (Å²) in [6.45, 7) is 1.61. The lowest BCUT2D eigenvalue weighted by molar-refractivity contribution is -0.0113. The average Bonchev–Trinajstić information content (AvgIpc) is 3.01. The van der Waals surface area contributed by atoms with Gasteiger partial charge in [0.05, 0.1) is 13.2 Å². The second kappa shape index (κ2) is 5.06. The predicted octanol–water partition coefficient (Wildman–Crippen LogP) is 2.59. The van der Waals surface area contributed by atoms with Crippen molar-refractivity contribution in [2.45, 2.75) is 25.4 Å². The average molecular weight is 284 g/mol. The van der Waals surface area contributed by atoms with Crippen LogP contribution >= 0.6 is 0 Å². The van der Waals surface area contributed by atoms with Crippen LogP contribution in [0.4, 0.5) is 0 Å². The molecule has 0 radical (unpaired) electrons. The summed E-state index contributed by atoms with van der Waals surface area (Å²) in [7, 11) is 0. The lowest BCUT2D eigenvalue weighted by Crippen LogP contribution is -2.34. The lowest BCUT2D eigenvalue weighted by Gasteiger charge is -2.30. The third-order valence-electron chi connectivity index (χ3n) is 3.97. The highest BCUT2D eigenvalue weighted by atomic mass is 16.6. The first-order valence-electron chi connectivity index (χ1n) is 7.07. The summed E-state index contributed by atoms with van der Waals surface area (Å²) in [6, 6.07) is 13.5. The van der Waals surface area contributed by atoms with Crippen LogP contribution in [0.2, 0.25) is 0 Å². The van der Waals surface area contributed by atoms with E-state index in [4.69, 9.17) is 14.2 Å². The first kappa shape index (κ1) is 12.7. The monoisotopic (exact) mass is 284 g/mol. The Morgan fingerprint density at radius 2 is 1.81 bits per heavy atom. The number of aliphatic hydroxyl groups is 1. The number of para-hydroxylation sites is 2. The van der Waals surface area contributed by atoms with Crippen LogP contribution in [0.15, 0.2) is 42.5 Å². The van der Waals surface area contributed by atoms with E-state index < -0.39 is 12.2 Å². The van der Waals surface area contributed by atoms with E-state index >= 15 is 0 Å². The molecule has 2 aliphatic rings. The minimum absolute atomic E-state index is 0.339. The van der Waals surface area contributed by atoms with Crippen molar-refractivity contribution in [1.82, 2.24) is 0 Å². The summed E-state index contributed by atoms with van der Waals surface area (Å²) in [5.41, 5.74) is 3.17. The lowest BCUT2D eigenvalue weighted by atomic mass is 9.99. The van der Waals surface area contributed by atoms with Gasteiger partial charge in [0, 0.05) is 0 Å². The van der Waals surface area contributed by atoms with Gasteiger partial charge in [-0.05, 0) is 28.8 Å². The maximum absolute atomic E-state index is 10.6. The molecule has 0 amide bonds. The molecule has 4 heteroatoms. The zero-order chi connectivity index (χ0) is 14.2. The molecule has 0 saturated heterocycles. The van der Waals surface area contributed by atoms with Gasteiger partial charge in [0.1, 0.15) is 12.7 Å². The standard InChI is InChI=1S/C17H16O4/c18-17(11-5-6-12-8-19-9-13(12)7-11)16-10-20-14-3-1-2-4-15(14)21-16/h1-7,16-18H,8-10H2. The van der Waals surface area contributed by atoms with Crippen molar-refractivity contribution in [3.63, 3.8) is 0 Å². The maximum atomic E-state index is 10.6. The molecule has 4 nitrogen and oxygen atoms in total. The molecule has 0 fully saturated rings. The minimum Gasteiger partial charge on any atom is -0.486 e. The molecule has 2 aromatic rings. The van der Waals surface area contributed by atoms with Gasteiger partial charge in [-0.15, -0.1) is 0 Å². The van der Waals surface area contributed by atoms with E-state index in [0.717, 1.165) is 16.9 Å². The van der Waals surface area contributed by atoms with Crippen LogP contribution in [0.3, 0.4) is 0 Å². The quantitative estimate of drug-likeness (QED) is 0.921. The number of rotatable bonds is 2. The molecule has 21 heavy (non-hydrogen) atoms. The highest BCUT2D eigenvalue weighted by Gasteiger charge is 2.29. The van der Waals surface area contributed by atoms with E-state index in [-0.39, 0.29) is 0 Å². The smallest absolute Gasteiger partial charge is 0.163 e. The Hall–Kier alpha value is -2.04. The molecule has 4 rings (SSSR count). The fourth-order valence-electron chi connectivity index (χ4n) is 2.78. The summed E-state index contributed by atoms with van der Waals surface area (Å²) in [6.07, 6.45) is -1.12. The van der Waals surface area contributed by atoms with Crippen LogP contribution in [0, 0.1) is 0 Å². The van der Waals surface area contributed by atoms with Gasteiger partial charge in [-0.25, -0.2) is 0 Å². The van der Waals surface area contributed by atoms with Crippen molar-refractivity contribution in [1.29, 1.82) is 0 Å². The van der Waals surface area contributed by atoms with Gasteiger partial charge in [0.2, 0.25) is 0 Å². The van der Waals surface area contributed by atoms with Gasteiger partial charge < -0.3 is 19.3 Å². The topological polar surface area (TPSA) is 47.9 Å². The van der Waals surface area contributed by atoms with E-state index in [1.165, 1.54) is 5.56 Å². The Kier molecular flexibility index (Phi) is 3.05. The van der Waals surface area contributed by atoms with Crippen molar-refractivity contribution in [3.8, 4) is 11.5 Å². The van der Waals surface area contributed by atoms with Crippen molar-refractivity contribution in [3.05, 3.63) is 59.2 Å². The zero-order valence-corrected chi connectivity index (χ0v) is 11.5. The summed E-state index contributed by atoms with van der Waals surface area (Å²) >= 11 is 0. The van der Waals surface area contributed by atoms with Crippen molar-refractivity contribution in [2.24, 2.45) is 0 Å². The fraction of sp³-hybridized carbons (Fsp3) is 0.294. The molecule has 108 valence electrons. The van der Waals surface area contributed by atoms with Crippen molar-refractivity contribution in [2.75, 3.05) is 6.61 Å². The first-order valence-corrected chi connectivity index (χ1v) is 7.07. The third kappa shape index (κ3) is 2.26. The van der Waals surface area contributed by atoms with E-state index in [2.05, 4.69) is 0 Å². The van der Waals surface area contributed by atoms with E-state index in [1.54, 1.807) is 0 Å². The third-order valence-corrected chi connectivity index (χ3v) is 3.97. The molecular formula is C17H16O4. The van der Waals surface area contributed by atoms with Gasteiger partial charge in [0.15, 0.2) is 17.6 Å². The molecule has 0 aromatic heterocycles. The number of ether oxygens (including phenoxy) is 3. The summed E-state index contributed by atoms with van der Waals surface area (Å²) < 4.78 is 16.9. The number of benzene rings is 2. The minimum atomic E-state index is -0.718. The fourth-order valence-corrected chi connectivity index (χ4v) is 2.78. The number of hydrogen-bond donors (Lipinski definition) is 1. The largest absolute Gasteiger partial charge is 0.486 e. The Labute approximate surface area is 122 Å². The predicted molar refractivity (Wildman–Crippen MR) is 76.2 cm³/mol. The van der Waals surface area contributed by atoms with Crippen molar-refractivity contribution < 1.29 is 19.3 Å². The Balaban J connectivity index is 1.57. The van der Waals surface area contributed by atoms with Crippen LogP contribution in [0.5, 0.6) is 11.5 Å². The van der Waals surface area contributed by atoms with Crippen LogP contribution in [0.25, 0.3) is 0 Å². The Morgan fingerprint density at radius 1 is 1.00 bits per heavy atom. The highest BCUT2D eigenvalue weighted by molar-refractivity contribution is 5.41. The number of hydrogen-bond acceptors (Lipinski definition) is 4. The molecule has 2 atom stereocenters. The molecule has 2 heterocycles. The molecule has 2 aliphatic heterocycles. The van der Waals surface area contributed by atoms with Gasteiger partial charge in [-0.3, -0.25) is 0 Å². The summed E-state index contributed by atoms with van der Waals surface area (Å²) in [5.74, 6) is 1.40. The summed E-state index contributed by atoms with van der Waals surface area (Å²) in [5, 5.41) is 10.6. The maximum Gasteiger partial charge on any atom is 0.163 e. The van der Waals surface area contributed by atoms with E-state index in [9.17, 15) is 5.11 Å². The van der Waals surface area contributed by atoms with Crippen molar-refractivity contribution >= 4 is 0 Å².